The first kappa shape index (κ1) is 14.2. The molecule has 2 amide bonds. The van der Waals surface area contributed by atoms with Crippen LogP contribution in [-0.4, -0.2) is 46.3 Å². The number of carbonyl (C=O) groups excluding carboxylic acids is 2. The largest absolute Gasteiger partial charge is 0.469 e. The van der Waals surface area contributed by atoms with Crippen LogP contribution in [0.2, 0.25) is 0 Å². The van der Waals surface area contributed by atoms with Gasteiger partial charge in [0.25, 0.3) is 0 Å². The van der Waals surface area contributed by atoms with Crippen LogP contribution in [0, 0.1) is 0 Å². The van der Waals surface area contributed by atoms with Crippen molar-refractivity contribution in [1.82, 2.24) is 9.80 Å². The molecule has 3 atom stereocenters. The van der Waals surface area contributed by atoms with E-state index in [0.29, 0.717) is 12.8 Å². The number of fused-ring (bicyclic) bond motifs is 1. The fraction of sp³-hybridized carbons (Fsp3) is 0.625. The highest BCUT2D eigenvalue weighted by atomic mass is 16.3. The van der Waals surface area contributed by atoms with Crippen molar-refractivity contribution < 1.29 is 14.0 Å². The van der Waals surface area contributed by atoms with Crippen LogP contribution in [0.5, 0.6) is 0 Å². The van der Waals surface area contributed by atoms with E-state index >= 15 is 0 Å². The predicted molar refractivity (Wildman–Crippen MR) is 77.5 cm³/mol. The van der Waals surface area contributed by atoms with Crippen LogP contribution in [0.15, 0.2) is 22.8 Å². The van der Waals surface area contributed by atoms with Crippen molar-refractivity contribution in [1.29, 1.82) is 0 Å². The molecule has 0 saturated carbocycles. The number of hydrogen-bond donors (Lipinski definition) is 0. The highest BCUT2D eigenvalue weighted by Crippen LogP contribution is 2.30. The van der Waals surface area contributed by atoms with Gasteiger partial charge in [-0.2, -0.15) is 0 Å². The molecule has 114 valence electrons. The van der Waals surface area contributed by atoms with E-state index in [1.165, 1.54) is 0 Å². The average Bonchev–Trinajstić information content (AvgIpc) is 3.12. The number of rotatable bonds is 4. The molecule has 0 aromatic carbocycles. The van der Waals surface area contributed by atoms with Gasteiger partial charge in [0.05, 0.1) is 6.26 Å². The van der Waals surface area contributed by atoms with E-state index in [-0.39, 0.29) is 29.9 Å². The summed E-state index contributed by atoms with van der Waals surface area (Å²) in [7, 11) is 0. The van der Waals surface area contributed by atoms with Crippen LogP contribution in [0.4, 0.5) is 0 Å². The molecule has 5 heteroatoms. The molecule has 1 aromatic rings. The summed E-state index contributed by atoms with van der Waals surface area (Å²) in [5.74, 6) is 1.08. The SMILES string of the molecule is CCC1C(=O)N2CCCC2C(=O)N1C(C)Cc1ccco1. The lowest BCUT2D eigenvalue weighted by molar-refractivity contribution is -0.162. The van der Waals surface area contributed by atoms with Crippen molar-refractivity contribution in [2.75, 3.05) is 6.54 Å². The summed E-state index contributed by atoms with van der Waals surface area (Å²) in [6.07, 6.45) is 4.68. The quantitative estimate of drug-likeness (QED) is 0.850. The van der Waals surface area contributed by atoms with Gasteiger partial charge in [0.1, 0.15) is 17.8 Å². The third-order valence-electron chi connectivity index (χ3n) is 4.63. The van der Waals surface area contributed by atoms with E-state index < -0.39 is 0 Å². The van der Waals surface area contributed by atoms with Gasteiger partial charge in [-0.15, -0.1) is 0 Å². The number of amides is 2. The van der Waals surface area contributed by atoms with Crippen molar-refractivity contribution in [3.63, 3.8) is 0 Å². The van der Waals surface area contributed by atoms with Crippen LogP contribution < -0.4 is 0 Å². The van der Waals surface area contributed by atoms with Crippen LogP contribution in [0.3, 0.4) is 0 Å². The van der Waals surface area contributed by atoms with E-state index in [4.69, 9.17) is 4.42 Å². The third kappa shape index (κ3) is 2.34. The van der Waals surface area contributed by atoms with Gasteiger partial charge in [0.2, 0.25) is 11.8 Å². The zero-order chi connectivity index (χ0) is 15.0. The molecule has 2 fully saturated rings. The molecule has 2 aliphatic heterocycles. The van der Waals surface area contributed by atoms with Gasteiger partial charge in [0.15, 0.2) is 0 Å². The minimum atomic E-state index is -0.322. The molecular formula is C16H22N2O3. The Hall–Kier alpha value is -1.78. The van der Waals surface area contributed by atoms with Crippen LogP contribution >= 0.6 is 0 Å². The Morgan fingerprint density at radius 3 is 2.86 bits per heavy atom. The van der Waals surface area contributed by atoms with E-state index in [2.05, 4.69) is 0 Å². The molecule has 2 saturated heterocycles. The van der Waals surface area contributed by atoms with Crippen molar-refractivity contribution in [3.05, 3.63) is 24.2 Å². The molecule has 5 nitrogen and oxygen atoms in total. The third-order valence-corrected chi connectivity index (χ3v) is 4.63. The summed E-state index contributed by atoms with van der Waals surface area (Å²) >= 11 is 0. The lowest BCUT2D eigenvalue weighted by Gasteiger charge is -2.44. The first-order valence-corrected chi connectivity index (χ1v) is 7.78. The number of carbonyl (C=O) groups is 2. The molecule has 0 spiro atoms. The Balaban J connectivity index is 1.83. The first-order chi connectivity index (χ1) is 10.1. The van der Waals surface area contributed by atoms with E-state index in [9.17, 15) is 9.59 Å². The van der Waals surface area contributed by atoms with E-state index in [1.807, 2.05) is 26.0 Å². The first-order valence-electron chi connectivity index (χ1n) is 7.78. The Bertz CT molecular complexity index is 526. The summed E-state index contributed by atoms with van der Waals surface area (Å²) in [4.78, 5) is 29.0. The van der Waals surface area contributed by atoms with Gasteiger partial charge in [0, 0.05) is 19.0 Å². The second-order valence-corrected chi connectivity index (χ2v) is 5.99. The van der Waals surface area contributed by atoms with Gasteiger partial charge in [-0.25, -0.2) is 0 Å². The van der Waals surface area contributed by atoms with Crippen molar-refractivity contribution in [2.45, 2.75) is 57.7 Å². The molecule has 21 heavy (non-hydrogen) atoms. The van der Waals surface area contributed by atoms with Gasteiger partial charge >= 0.3 is 0 Å². The van der Waals surface area contributed by atoms with Gasteiger partial charge in [-0.3, -0.25) is 9.59 Å². The average molecular weight is 290 g/mol. The molecule has 0 N–H and O–H groups in total. The minimum absolute atomic E-state index is 0.0275. The highest BCUT2D eigenvalue weighted by molar-refractivity contribution is 5.97. The summed E-state index contributed by atoms with van der Waals surface area (Å²) in [6.45, 7) is 4.70. The van der Waals surface area contributed by atoms with E-state index in [1.54, 1.807) is 16.1 Å². The van der Waals surface area contributed by atoms with Crippen molar-refractivity contribution in [2.24, 2.45) is 0 Å². The summed E-state index contributed by atoms with van der Waals surface area (Å²) in [5, 5.41) is 0. The smallest absolute Gasteiger partial charge is 0.246 e. The Morgan fingerprint density at radius 1 is 1.38 bits per heavy atom. The number of hydrogen-bond acceptors (Lipinski definition) is 3. The van der Waals surface area contributed by atoms with Crippen molar-refractivity contribution in [3.8, 4) is 0 Å². The summed E-state index contributed by atoms with van der Waals surface area (Å²) in [5.41, 5.74) is 0. The summed E-state index contributed by atoms with van der Waals surface area (Å²) in [6, 6.07) is 3.17. The summed E-state index contributed by atoms with van der Waals surface area (Å²) < 4.78 is 5.38. The van der Waals surface area contributed by atoms with Crippen molar-refractivity contribution >= 4 is 11.8 Å². The fourth-order valence-electron chi connectivity index (χ4n) is 3.64. The highest BCUT2D eigenvalue weighted by Gasteiger charge is 2.48. The molecular weight excluding hydrogens is 268 g/mol. The fourth-order valence-corrected chi connectivity index (χ4v) is 3.64. The van der Waals surface area contributed by atoms with Crippen LogP contribution in [0.1, 0.15) is 38.9 Å². The normalized spacial score (nSPS) is 27.1. The van der Waals surface area contributed by atoms with Crippen LogP contribution in [0.25, 0.3) is 0 Å². The Kier molecular flexibility index (Phi) is 3.74. The Labute approximate surface area is 124 Å². The maximum absolute atomic E-state index is 12.8. The molecule has 3 rings (SSSR count). The Morgan fingerprint density at radius 2 is 2.19 bits per heavy atom. The second-order valence-electron chi connectivity index (χ2n) is 5.99. The molecule has 0 aliphatic carbocycles. The number of nitrogens with zero attached hydrogens (tertiary/aromatic N) is 2. The molecule has 0 radical (unpaired) electrons. The maximum atomic E-state index is 12.8. The number of furan rings is 1. The zero-order valence-electron chi connectivity index (χ0n) is 12.6. The van der Waals surface area contributed by atoms with E-state index in [0.717, 1.165) is 25.1 Å². The monoisotopic (exact) mass is 290 g/mol. The lowest BCUT2D eigenvalue weighted by Crippen LogP contribution is -2.64. The number of piperazine rings is 1. The van der Waals surface area contributed by atoms with Gasteiger partial charge < -0.3 is 14.2 Å². The van der Waals surface area contributed by atoms with Crippen LogP contribution in [-0.2, 0) is 16.0 Å². The van der Waals surface area contributed by atoms with Gasteiger partial charge in [-0.1, -0.05) is 6.92 Å². The molecule has 2 aliphatic rings. The maximum Gasteiger partial charge on any atom is 0.246 e. The zero-order valence-corrected chi connectivity index (χ0v) is 12.6. The topological polar surface area (TPSA) is 53.8 Å². The second kappa shape index (κ2) is 5.54. The standard InChI is InChI=1S/C16H22N2O3/c1-3-13-15(19)17-8-4-7-14(17)16(20)18(13)11(2)10-12-6-5-9-21-12/h5-6,9,11,13-14H,3-4,7-8,10H2,1-2H3. The predicted octanol–water partition coefficient (Wildman–Crippen LogP) is 1.82. The minimum Gasteiger partial charge on any atom is -0.469 e. The molecule has 1 aromatic heterocycles. The molecule has 3 unspecified atom stereocenters. The molecule has 0 bridgehead atoms. The van der Waals surface area contributed by atoms with Gasteiger partial charge in [-0.05, 0) is 38.3 Å². The molecule has 3 heterocycles. The lowest BCUT2D eigenvalue weighted by atomic mass is 9.99.